The maximum Gasteiger partial charge on any atom is 1.00 e. The van der Waals surface area contributed by atoms with Gasteiger partial charge >= 0.3 is 65.1 Å². The molecule has 0 bridgehead atoms. The van der Waals surface area contributed by atoms with Crippen LogP contribution in [0.4, 0.5) is 4.39 Å². The molecule has 7 nitrogen and oxygen atoms in total. The average Bonchev–Trinajstić information content (AvgIpc) is 2.16. The van der Waals surface area contributed by atoms with E-state index in [0.29, 0.717) is 0 Å². The number of hydrogen-bond acceptors (Lipinski definition) is 5. The van der Waals surface area contributed by atoms with Gasteiger partial charge in [0.15, 0.2) is 11.1 Å². The minimum absolute atomic E-state index is 0. The Labute approximate surface area is 157 Å². The van der Waals surface area contributed by atoms with Gasteiger partial charge in [-0.1, -0.05) is 0 Å². The molecule has 2 N–H and O–H groups in total. The van der Waals surface area contributed by atoms with E-state index in [9.17, 15) is 13.4 Å². The largest absolute Gasteiger partial charge is 1.00 e. The molecule has 0 amide bonds. The van der Waals surface area contributed by atoms with Crippen LogP contribution in [0.1, 0.15) is 10.4 Å². The molecule has 0 aliphatic carbocycles. The third-order valence-corrected chi connectivity index (χ3v) is 2.06. The topological polar surface area (TPSA) is 138 Å². The van der Waals surface area contributed by atoms with E-state index in [1.54, 1.807) is 0 Å². The average molecular weight is 330 g/mol. The fourth-order valence-electron chi connectivity index (χ4n) is 0.770. The second kappa shape index (κ2) is 12.5. The van der Waals surface area contributed by atoms with Gasteiger partial charge in [0.25, 0.3) is 0 Å². The van der Waals surface area contributed by atoms with Crippen LogP contribution in [0, 0.1) is 5.82 Å². The minimum Gasteiger partial charge on any atom is -0.784 e. The van der Waals surface area contributed by atoms with Gasteiger partial charge in [0.05, 0.1) is 5.56 Å². The zero-order valence-electron chi connectivity index (χ0n) is 9.86. The normalized spacial score (nSPS) is 10.4. The summed E-state index contributed by atoms with van der Waals surface area (Å²) in [5.74, 6) is -2.17. The Kier molecular flexibility index (Phi) is 16.4. The number of rotatable bonds is 2. The van der Waals surface area contributed by atoms with Gasteiger partial charge in [0, 0.05) is 0 Å². The molecule has 1 unspecified atom stereocenters. The second-order valence-corrected chi connectivity index (χ2v) is 3.75. The summed E-state index contributed by atoms with van der Waals surface area (Å²) in [5, 5.41) is 8.48. The first kappa shape index (κ1) is 24.8. The van der Waals surface area contributed by atoms with E-state index in [1.165, 1.54) is 0 Å². The molecule has 1 atom stereocenters. The summed E-state index contributed by atoms with van der Waals surface area (Å²) in [4.78, 5) is 9.86. The second-order valence-electron chi connectivity index (χ2n) is 2.40. The summed E-state index contributed by atoms with van der Waals surface area (Å²) in [7, 11) is 0. The summed E-state index contributed by atoms with van der Waals surface area (Å²) in [6.45, 7) is 0. The van der Waals surface area contributed by atoms with E-state index in [2.05, 4.69) is 0 Å². The molecule has 1 rings (SSSR count). The number of halogens is 1. The van der Waals surface area contributed by atoms with Crippen LogP contribution in [0.2, 0.25) is 0 Å². The van der Waals surface area contributed by atoms with Crippen molar-refractivity contribution in [2.75, 3.05) is 0 Å². The number of carbonyl (C=O) groups is 1. The number of carboxylic acid groups (broad SMARTS) is 1. The van der Waals surface area contributed by atoms with Crippen molar-refractivity contribution in [1.82, 2.24) is 0 Å². The van der Waals surface area contributed by atoms with Gasteiger partial charge in [0.2, 0.25) is 0 Å². The quantitative estimate of drug-likeness (QED) is 0.407. The Hall–Kier alpha value is 0.800. The van der Waals surface area contributed by atoms with Gasteiger partial charge in [-0.2, -0.15) is 0 Å². The first-order chi connectivity index (χ1) is 7.75. The molecule has 0 radical (unpaired) electrons. The molecule has 1 aromatic carbocycles. The Morgan fingerprint density at radius 2 is 1.63 bits per heavy atom. The maximum absolute atomic E-state index is 12.7. The molecule has 0 aliphatic heterocycles. The first-order valence-electron chi connectivity index (χ1n) is 3.66. The third kappa shape index (κ3) is 11.2. The van der Waals surface area contributed by atoms with Crippen molar-refractivity contribution in [1.29, 1.82) is 0 Å². The Morgan fingerprint density at radius 1 is 1.21 bits per heavy atom. The molecule has 0 saturated heterocycles. The predicted molar refractivity (Wildman–Crippen MR) is 52.1 cm³/mol. The molecule has 0 aromatic heterocycles. The van der Waals surface area contributed by atoms with Gasteiger partial charge in [-0.05, 0) is 18.2 Å². The van der Waals surface area contributed by atoms with Gasteiger partial charge in [0.1, 0.15) is 10.7 Å². The smallest absolute Gasteiger partial charge is 0.784 e. The molecule has 12 heteroatoms. The van der Waals surface area contributed by atoms with Gasteiger partial charge in [-0.3, -0.25) is 4.21 Å². The van der Waals surface area contributed by atoms with Crippen LogP contribution < -0.4 is 59.1 Å². The van der Waals surface area contributed by atoms with Crippen molar-refractivity contribution < 1.29 is 95.5 Å². The standard InChI is InChI=1S/C7H5FO4S.2Na.H2O3S/c8-5-2-1-4(7(9)10)3-6(5)13(11)12;;;1-4(2)3/h1-3H,(H,9,10)(H,11,12);;;(H2,1,2,3)/q;2*+1;/p-2. The fraction of sp³-hybridized carbons (Fsp3) is 0. The number of benzene rings is 1. The monoisotopic (exact) mass is 330 g/mol. The molecule has 96 valence electrons. The van der Waals surface area contributed by atoms with E-state index in [0.717, 1.165) is 18.2 Å². The summed E-state index contributed by atoms with van der Waals surface area (Å²) in [6, 6.07) is 2.69. The predicted octanol–water partition coefficient (Wildman–Crippen LogP) is -5.89. The van der Waals surface area contributed by atoms with Crippen LogP contribution in [0.25, 0.3) is 0 Å². The van der Waals surface area contributed by atoms with Gasteiger partial charge in [-0.25, -0.2) is 13.4 Å². The van der Waals surface area contributed by atoms with Crippen LogP contribution in [0.3, 0.4) is 0 Å². The van der Waals surface area contributed by atoms with Crippen molar-refractivity contribution in [3.63, 3.8) is 0 Å². The molecule has 0 heterocycles. The van der Waals surface area contributed by atoms with Crippen LogP contribution in [0.15, 0.2) is 23.1 Å². The van der Waals surface area contributed by atoms with E-state index in [4.69, 9.17) is 23.0 Å². The molecule has 0 aliphatic rings. The minimum atomic E-state index is -3.11. The van der Waals surface area contributed by atoms with Crippen LogP contribution in [-0.2, 0) is 22.4 Å². The first-order valence-corrected chi connectivity index (χ1v) is 5.76. The van der Waals surface area contributed by atoms with Crippen molar-refractivity contribution in [2.45, 2.75) is 4.90 Å². The van der Waals surface area contributed by atoms with Crippen LogP contribution in [0.5, 0.6) is 0 Å². The zero-order valence-corrected chi connectivity index (χ0v) is 15.5. The van der Waals surface area contributed by atoms with Gasteiger partial charge in [-0.15, -0.1) is 11.4 Å². The third-order valence-electron chi connectivity index (χ3n) is 1.37. The fourth-order valence-corrected chi connectivity index (χ4v) is 1.23. The molecular weight excluding hydrogens is 325 g/mol. The number of hydrogen-bond donors (Lipinski definition) is 2. The Bertz CT molecular complexity index is 467. The van der Waals surface area contributed by atoms with E-state index in [1.807, 2.05) is 0 Å². The molecular formula is C7H5FNa2O7S2. The summed E-state index contributed by atoms with van der Waals surface area (Å²) < 4.78 is 57.1. The van der Waals surface area contributed by atoms with E-state index in [-0.39, 0.29) is 64.7 Å². The van der Waals surface area contributed by atoms with Crippen molar-refractivity contribution in [3.8, 4) is 0 Å². The zero-order chi connectivity index (χ0) is 13.6. The molecule has 0 spiro atoms. The van der Waals surface area contributed by atoms with Crippen LogP contribution >= 0.6 is 0 Å². The van der Waals surface area contributed by atoms with Crippen LogP contribution in [-0.4, -0.2) is 33.2 Å². The summed E-state index contributed by atoms with van der Waals surface area (Å²) in [6.07, 6.45) is 0. The van der Waals surface area contributed by atoms with Crippen molar-refractivity contribution >= 4 is 28.4 Å². The molecule has 19 heavy (non-hydrogen) atoms. The molecule has 1 aromatic rings. The summed E-state index contributed by atoms with van der Waals surface area (Å²) in [5.41, 5.74) is -0.223. The molecule has 0 fully saturated rings. The number of carboxylic acids is 1. The Morgan fingerprint density at radius 3 is 1.95 bits per heavy atom. The number of aromatic carboxylic acids is 1. The van der Waals surface area contributed by atoms with Gasteiger partial charge < -0.3 is 18.8 Å². The summed E-state index contributed by atoms with van der Waals surface area (Å²) >= 11 is -5.62. The Balaban J connectivity index is -0.000000379. The van der Waals surface area contributed by atoms with E-state index < -0.39 is 39.1 Å². The molecule has 0 saturated carbocycles. The maximum atomic E-state index is 12.7. The van der Waals surface area contributed by atoms with Crippen molar-refractivity contribution in [2.24, 2.45) is 0 Å². The van der Waals surface area contributed by atoms with E-state index >= 15 is 0 Å². The SMILES string of the molecule is O=C(O)c1ccc(F)c(S(=O)O)c1.O=S([O-])[O-].[Na+].[Na+]. The van der Waals surface area contributed by atoms with Crippen molar-refractivity contribution in [3.05, 3.63) is 29.6 Å².